The summed E-state index contributed by atoms with van der Waals surface area (Å²) in [6, 6.07) is 5.02. The van der Waals surface area contributed by atoms with E-state index in [0.29, 0.717) is 24.2 Å². The van der Waals surface area contributed by atoms with Crippen molar-refractivity contribution in [2.45, 2.75) is 25.9 Å². The summed E-state index contributed by atoms with van der Waals surface area (Å²) in [7, 11) is 5.33. The molecule has 1 aliphatic heterocycles. The number of piperazine rings is 1. The van der Waals surface area contributed by atoms with Gasteiger partial charge < -0.3 is 19.1 Å². The number of rotatable bonds is 4. The fraction of sp³-hybridized carbons (Fsp3) is 0.526. The molecule has 0 aliphatic carbocycles. The highest BCUT2D eigenvalue weighted by atomic mass is 16.4. The highest BCUT2D eigenvalue weighted by molar-refractivity contribution is 5.88. The molecule has 0 saturated carbocycles. The number of carbonyl (C=O) groups excluding carboxylic acids is 2. The quantitative estimate of drug-likeness (QED) is 0.780. The van der Waals surface area contributed by atoms with E-state index in [9.17, 15) is 14.4 Å². The van der Waals surface area contributed by atoms with Crippen LogP contribution < -0.4 is 5.76 Å². The fourth-order valence-electron chi connectivity index (χ4n) is 3.46. The number of fused-ring (bicyclic) bond motifs is 1. The number of benzene rings is 1. The van der Waals surface area contributed by atoms with Gasteiger partial charge in [-0.1, -0.05) is 6.07 Å². The van der Waals surface area contributed by atoms with Crippen LogP contribution in [-0.2, 0) is 16.1 Å². The molecule has 0 N–H and O–H groups in total. The number of hydrogen-bond acceptors (Lipinski definition) is 5. The van der Waals surface area contributed by atoms with Crippen LogP contribution in [0.4, 0.5) is 0 Å². The Bertz CT molecular complexity index is 914. The number of carbonyl (C=O) groups is 2. The maximum atomic E-state index is 12.8. The molecule has 8 heteroatoms. The van der Waals surface area contributed by atoms with E-state index in [2.05, 4.69) is 0 Å². The van der Waals surface area contributed by atoms with Gasteiger partial charge in [0, 0.05) is 46.7 Å². The van der Waals surface area contributed by atoms with Crippen molar-refractivity contribution in [1.29, 1.82) is 0 Å². The van der Waals surface area contributed by atoms with Gasteiger partial charge in [-0.25, -0.2) is 4.79 Å². The molecule has 2 aromatic rings. The summed E-state index contributed by atoms with van der Waals surface area (Å²) in [5.74, 6) is -0.684. The average molecular weight is 374 g/mol. The molecule has 1 saturated heterocycles. The molecule has 1 atom stereocenters. The minimum Gasteiger partial charge on any atom is -0.408 e. The van der Waals surface area contributed by atoms with E-state index in [1.807, 2.05) is 31.0 Å². The van der Waals surface area contributed by atoms with Crippen molar-refractivity contribution in [3.8, 4) is 0 Å². The molecule has 1 fully saturated rings. The topological polar surface area (TPSA) is 79.0 Å². The van der Waals surface area contributed by atoms with Gasteiger partial charge in [-0.2, -0.15) is 0 Å². The minimum absolute atomic E-state index is 0.0866. The molecule has 27 heavy (non-hydrogen) atoms. The molecule has 1 aromatic carbocycles. The molecular formula is C19H26N4O4. The Morgan fingerprint density at radius 1 is 1.26 bits per heavy atom. The van der Waals surface area contributed by atoms with Crippen LogP contribution in [0.25, 0.3) is 11.1 Å². The Morgan fingerprint density at radius 3 is 2.70 bits per heavy atom. The van der Waals surface area contributed by atoms with Gasteiger partial charge in [0.1, 0.15) is 6.04 Å². The van der Waals surface area contributed by atoms with Crippen molar-refractivity contribution in [3.05, 3.63) is 34.3 Å². The molecule has 1 aliphatic rings. The number of hydrogen-bond donors (Lipinski definition) is 0. The van der Waals surface area contributed by atoms with Gasteiger partial charge in [0.25, 0.3) is 0 Å². The van der Waals surface area contributed by atoms with Gasteiger partial charge in [-0.15, -0.1) is 0 Å². The molecule has 146 valence electrons. The van der Waals surface area contributed by atoms with E-state index in [1.165, 1.54) is 9.47 Å². The first-order valence-corrected chi connectivity index (χ1v) is 9.07. The molecule has 8 nitrogen and oxygen atoms in total. The van der Waals surface area contributed by atoms with Crippen LogP contribution in [0, 0.1) is 6.92 Å². The largest absolute Gasteiger partial charge is 0.419 e. The van der Waals surface area contributed by atoms with Crippen molar-refractivity contribution in [2.75, 3.05) is 40.8 Å². The Labute approximate surface area is 157 Å². The highest BCUT2D eigenvalue weighted by Crippen LogP contribution is 2.16. The van der Waals surface area contributed by atoms with Gasteiger partial charge >= 0.3 is 5.76 Å². The van der Waals surface area contributed by atoms with Crippen molar-refractivity contribution in [2.24, 2.45) is 0 Å². The zero-order valence-corrected chi connectivity index (χ0v) is 16.3. The molecule has 1 aromatic heterocycles. The van der Waals surface area contributed by atoms with Gasteiger partial charge in [-0.3, -0.25) is 14.2 Å². The summed E-state index contributed by atoms with van der Waals surface area (Å²) in [6.45, 7) is 3.89. The smallest absolute Gasteiger partial charge is 0.408 e. The van der Waals surface area contributed by atoms with Crippen LogP contribution in [0.1, 0.15) is 12.0 Å². The molecule has 0 bridgehead atoms. The van der Waals surface area contributed by atoms with Gasteiger partial charge in [0.05, 0.1) is 5.52 Å². The molecule has 1 unspecified atom stereocenters. The second-order valence-electron chi connectivity index (χ2n) is 7.34. The molecule has 2 amide bonds. The predicted molar refractivity (Wildman–Crippen MR) is 102 cm³/mol. The number of nitrogens with zero attached hydrogens (tertiary/aromatic N) is 4. The molecule has 0 spiro atoms. The first kappa shape index (κ1) is 19.2. The number of oxazole rings is 1. The lowest BCUT2D eigenvalue weighted by Crippen LogP contribution is -2.59. The SMILES string of the molecule is Cc1ccc2oc(=O)n(CCC(=O)N3CCN(C)CC3C(=O)N(C)C)c2c1. The zero-order valence-electron chi connectivity index (χ0n) is 16.3. The number of aromatic nitrogens is 1. The van der Waals surface area contributed by atoms with Crippen molar-refractivity contribution >= 4 is 22.9 Å². The predicted octanol–water partition coefficient (Wildman–Crippen LogP) is 0.524. The van der Waals surface area contributed by atoms with Crippen LogP contribution in [0.15, 0.2) is 27.4 Å². The van der Waals surface area contributed by atoms with Crippen LogP contribution in [-0.4, -0.2) is 77.9 Å². The van der Waals surface area contributed by atoms with Gasteiger partial charge in [-0.05, 0) is 31.7 Å². The lowest BCUT2D eigenvalue weighted by Gasteiger charge is -2.40. The summed E-state index contributed by atoms with van der Waals surface area (Å²) in [6.07, 6.45) is 0.142. The molecular weight excluding hydrogens is 348 g/mol. The minimum atomic E-state index is -0.494. The Morgan fingerprint density at radius 2 is 2.00 bits per heavy atom. The first-order valence-electron chi connectivity index (χ1n) is 9.07. The highest BCUT2D eigenvalue weighted by Gasteiger charge is 2.34. The molecule has 0 radical (unpaired) electrons. The third kappa shape index (κ3) is 3.90. The Balaban J connectivity index is 1.77. The average Bonchev–Trinajstić information content (AvgIpc) is 2.93. The Kier molecular flexibility index (Phi) is 5.36. The lowest BCUT2D eigenvalue weighted by molar-refractivity contribution is -0.147. The second-order valence-corrected chi connectivity index (χ2v) is 7.34. The van der Waals surface area contributed by atoms with Crippen molar-refractivity contribution in [1.82, 2.24) is 19.3 Å². The number of amides is 2. The van der Waals surface area contributed by atoms with Crippen LogP contribution >= 0.6 is 0 Å². The van der Waals surface area contributed by atoms with E-state index < -0.39 is 11.8 Å². The summed E-state index contributed by atoms with van der Waals surface area (Å²) in [5, 5.41) is 0. The van der Waals surface area contributed by atoms with E-state index in [-0.39, 0.29) is 24.8 Å². The fourth-order valence-corrected chi connectivity index (χ4v) is 3.46. The normalized spacial score (nSPS) is 18.1. The Hall–Kier alpha value is -2.61. The van der Waals surface area contributed by atoms with Crippen molar-refractivity contribution < 1.29 is 14.0 Å². The van der Waals surface area contributed by atoms with E-state index in [0.717, 1.165) is 12.1 Å². The van der Waals surface area contributed by atoms with Gasteiger partial charge in [0.2, 0.25) is 11.8 Å². The van der Waals surface area contributed by atoms with Gasteiger partial charge in [0.15, 0.2) is 5.58 Å². The maximum Gasteiger partial charge on any atom is 0.419 e. The third-order valence-corrected chi connectivity index (χ3v) is 5.00. The van der Waals surface area contributed by atoms with Crippen molar-refractivity contribution in [3.63, 3.8) is 0 Å². The monoisotopic (exact) mass is 374 g/mol. The summed E-state index contributed by atoms with van der Waals surface area (Å²) >= 11 is 0. The number of aryl methyl sites for hydroxylation is 2. The standard InChI is InChI=1S/C19H26N4O4/c1-13-5-6-16-14(11-13)23(19(26)27-16)8-7-17(24)22-10-9-21(4)12-15(22)18(25)20(2)3/h5-6,11,15H,7-10,12H2,1-4H3. The molecule has 2 heterocycles. The van der Waals surface area contributed by atoms with Crippen LogP contribution in [0.2, 0.25) is 0 Å². The maximum absolute atomic E-state index is 12.8. The summed E-state index contributed by atoms with van der Waals surface area (Å²) in [5.41, 5.74) is 2.21. The molecule has 3 rings (SSSR count). The number of likely N-dealkylation sites (N-methyl/N-ethyl adjacent to an activating group) is 2. The summed E-state index contributed by atoms with van der Waals surface area (Å²) < 4.78 is 6.74. The summed E-state index contributed by atoms with van der Waals surface area (Å²) in [4.78, 5) is 42.7. The van der Waals surface area contributed by atoms with E-state index in [4.69, 9.17) is 4.42 Å². The second kappa shape index (κ2) is 7.56. The first-order chi connectivity index (χ1) is 12.8. The lowest BCUT2D eigenvalue weighted by atomic mass is 10.1. The van der Waals surface area contributed by atoms with Crippen LogP contribution in [0.5, 0.6) is 0 Å². The van der Waals surface area contributed by atoms with E-state index >= 15 is 0 Å². The van der Waals surface area contributed by atoms with Crippen LogP contribution in [0.3, 0.4) is 0 Å². The zero-order chi connectivity index (χ0) is 19.7. The van der Waals surface area contributed by atoms with E-state index in [1.54, 1.807) is 25.1 Å². The third-order valence-electron chi connectivity index (χ3n) is 5.00.